The predicted molar refractivity (Wildman–Crippen MR) is 120 cm³/mol. The van der Waals surface area contributed by atoms with Gasteiger partial charge in [-0.2, -0.15) is 0 Å². The van der Waals surface area contributed by atoms with Crippen LogP contribution in [0.25, 0.3) is 0 Å². The minimum atomic E-state index is -0.835. The summed E-state index contributed by atoms with van der Waals surface area (Å²) in [4.78, 5) is 23.8. The van der Waals surface area contributed by atoms with Gasteiger partial charge in [0.25, 0.3) is 0 Å². The molecule has 2 aliphatic rings. The Balaban J connectivity index is 0.00000320. The number of ether oxygens (including phenoxy) is 1. The Bertz CT molecular complexity index is 823. The normalized spacial score (nSPS) is 19.3. The average Bonchev–Trinajstić information content (AvgIpc) is 2.74. The number of pyridine rings is 1. The fourth-order valence-corrected chi connectivity index (χ4v) is 4.17. The van der Waals surface area contributed by atoms with Gasteiger partial charge in [-0.1, -0.05) is 26.7 Å². The first-order valence-corrected chi connectivity index (χ1v) is 9.93. The predicted octanol–water partition coefficient (Wildman–Crippen LogP) is 1.70. The molecule has 0 unspecified atom stereocenters. The number of hydrogen-bond donors (Lipinski definition) is 4. The van der Waals surface area contributed by atoms with Crippen LogP contribution in [-0.2, 0) is 14.9 Å². The van der Waals surface area contributed by atoms with E-state index in [-0.39, 0.29) is 19.2 Å². The van der Waals surface area contributed by atoms with Crippen LogP contribution >= 0.6 is 0 Å². The van der Waals surface area contributed by atoms with Crippen LogP contribution in [0, 0.1) is 5.41 Å². The Labute approximate surface area is 177 Å². The molecule has 0 spiro atoms. The van der Waals surface area contributed by atoms with Crippen molar-refractivity contribution in [2.24, 2.45) is 22.2 Å². The third kappa shape index (κ3) is 4.62. The van der Waals surface area contributed by atoms with Crippen LogP contribution in [0.2, 0.25) is 0 Å². The van der Waals surface area contributed by atoms with E-state index in [1.807, 2.05) is 6.07 Å². The molecule has 0 bridgehead atoms. The van der Waals surface area contributed by atoms with Crippen molar-refractivity contribution in [2.75, 3.05) is 31.2 Å². The Morgan fingerprint density at radius 2 is 1.90 bits per heavy atom. The first-order chi connectivity index (χ1) is 14.0. The van der Waals surface area contributed by atoms with E-state index in [2.05, 4.69) is 14.9 Å². The molecule has 9 nitrogen and oxygen atoms in total. The minimum absolute atomic E-state index is 0. The number of carbonyl (C=O) groups excluding carboxylic acids is 1. The molecule has 1 aliphatic carbocycles. The summed E-state index contributed by atoms with van der Waals surface area (Å²) in [5.74, 6) is 0.776. The number of nitrogens with zero attached hydrogens (tertiary/aromatic N) is 3. The van der Waals surface area contributed by atoms with E-state index in [1.54, 1.807) is 0 Å². The molecule has 2 fully saturated rings. The average molecular weight is 416 g/mol. The Kier molecular flexibility index (Phi) is 7.93. The van der Waals surface area contributed by atoms with Crippen molar-refractivity contribution < 1.29 is 9.53 Å². The number of amidine groups is 1. The summed E-state index contributed by atoms with van der Waals surface area (Å²) in [5.41, 5.74) is 17.6. The highest BCUT2D eigenvalue weighted by Gasteiger charge is 2.42. The van der Waals surface area contributed by atoms with Crippen molar-refractivity contribution >= 4 is 29.6 Å². The third-order valence-electron chi connectivity index (χ3n) is 5.70. The van der Waals surface area contributed by atoms with Crippen LogP contribution in [0.5, 0.6) is 0 Å². The number of nitrogens with two attached hydrogens (primary N) is 3. The van der Waals surface area contributed by atoms with Gasteiger partial charge in [-0.25, -0.2) is 9.98 Å². The molecule has 0 radical (unpaired) electrons. The Hall–Kier alpha value is -2.94. The topological polar surface area (TPSA) is 157 Å². The summed E-state index contributed by atoms with van der Waals surface area (Å²) in [6.45, 7) is 2.56. The summed E-state index contributed by atoms with van der Waals surface area (Å²) in [7, 11) is 0. The molecule has 3 rings (SSSR count). The van der Waals surface area contributed by atoms with Gasteiger partial charge in [-0.05, 0) is 36.7 Å². The number of anilines is 1. The van der Waals surface area contributed by atoms with Crippen LogP contribution in [0.1, 0.15) is 50.7 Å². The molecule has 7 N–H and O–H groups in total. The summed E-state index contributed by atoms with van der Waals surface area (Å²) in [5, 5.41) is 8.03. The fraction of sp³-hybridized carbons (Fsp3) is 0.524. The van der Waals surface area contributed by atoms with Gasteiger partial charge in [0.15, 0.2) is 5.82 Å². The maximum absolute atomic E-state index is 12.7. The number of aliphatic imine (C=N–C) groups is 1. The summed E-state index contributed by atoms with van der Waals surface area (Å²) < 4.78 is 5.45. The number of rotatable bonds is 6. The van der Waals surface area contributed by atoms with E-state index in [1.165, 1.54) is 18.5 Å². The number of nitrogens with one attached hydrogen (secondary N) is 1. The molecule has 0 aromatic carbocycles. The second kappa shape index (κ2) is 10.2. The van der Waals surface area contributed by atoms with Crippen LogP contribution in [0.3, 0.4) is 0 Å². The van der Waals surface area contributed by atoms with E-state index in [0.717, 1.165) is 19.3 Å². The summed E-state index contributed by atoms with van der Waals surface area (Å²) >= 11 is 0. The zero-order chi connectivity index (χ0) is 20.9. The molecular formula is C21H33N7O2. The Morgan fingerprint density at radius 1 is 1.23 bits per heavy atom. The van der Waals surface area contributed by atoms with E-state index in [0.29, 0.717) is 61.9 Å². The van der Waals surface area contributed by atoms with Crippen molar-refractivity contribution in [3.8, 4) is 0 Å². The monoisotopic (exact) mass is 415 g/mol. The number of aromatic nitrogens is 1. The molecular weight excluding hydrogens is 382 g/mol. The van der Waals surface area contributed by atoms with Crippen LogP contribution in [0.15, 0.2) is 23.3 Å². The van der Waals surface area contributed by atoms with E-state index >= 15 is 0 Å². The van der Waals surface area contributed by atoms with Gasteiger partial charge >= 0.3 is 0 Å². The zero-order valence-electron chi connectivity index (χ0n) is 16.6. The van der Waals surface area contributed by atoms with Gasteiger partial charge in [0, 0.05) is 24.9 Å². The van der Waals surface area contributed by atoms with Gasteiger partial charge in [-0.3, -0.25) is 4.79 Å². The molecule has 1 aromatic rings. The second-order valence-corrected chi connectivity index (χ2v) is 7.41. The number of morpholine rings is 1. The van der Waals surface area contributed by atoms with Gasteiger partial charge in [0.2, 0.25) is 5.91 Å². The molecule has 1 aliphatic heterocycles. The van der Waals surface area contributed by atoms with Crippen LogP contribution in [-0.4, -0.2) is 49.2 Å². The molecule has 2 heterocycles. The fourth-order valence-electron chi connectivity index (χ4n) is 4.17. The van der Waals surface area contributed by atoms with E-state index in [4.69, 9.17) is 27.3 Å². The van der Waals surface area contributed by atoms with Crippen molar-refractivity contribution in [3.05, 3.63) is 29.5 Å². The smallest absolute Gasteiger partial charge is 0.228 e. The van der Waals surface area contributed by atoms with Crippen molar-refractivity contribution in [1.29, 1.82) is 5.41 Å². The summed E-state index contributed by atoms with van der Waals surface area (Å²) in [6, 6.07) is 1.90. The number of amides is 1. The van der Waals surface area contributed by atoms with E-state index < -0.39 is 5.41 Å². The molecule has 1 amide bonds. The SMILES string of the molecule is C.N=Cc1c(C2(C(N)=O)CCCCC2)cc(N2CCOCC2)nc1/N=C(N)\C=C/N. The lowest BCUT2D eigenvalue weighted by atomic mass is 9.67. The van der Waals surface area contributed by atoms with Gasteiger partial charge in [0.1, 0.15) is 11.7 Å². The first-order valence-electron chi connectivity index (χ1n) is 9.93. The highest BCUT2D eigenvalue weighted by atomic mass is 16.5. The van der Waals surface area contributed by atoms with Crippen LogP contribution in [0.4, 0.5) is 11.6 Å². The van der Waals surface area contributed by atoms with Gasteiger partial charge in [0.05, 0.1) is 18.6 Å². The lowest BCUT2D eigenvalue weighted by Gasteiger charge is -2.37. The molecule has 30 heavy (non-hydrogen) atoms. The third-order valence-corrected chi connectivity index (χ3v) is 5.70. The maximum atomic E-state index is 12.7. The molecule has 1 saturated heterocycles. The van der Waals surface area contributed by atoms with Crippen molar-refractivity contribution in [3.63, 3.8) is 0 Å². The van der Waals surface area contributed by atoms with Crippen LogP contribution < -0.4 is 22.1 Å². The lowest BCUT2D eigenvalue weighted by Crippen LogP contribution is -2.44. The molecule has 9 heteroatoms. The largest absolute Gasteiger partial charge is 0.404 e. The minimum Gasteiger partial charge on any atom is -0.404 e. The van der Waals surface area contributed by atoms with E-state index in [9.17, 15) is 4.79 Å². The number of carbonyl (C=O) groups is 1. The number of hydrogen-bond acceptors (Lipinski definition) is 7. The van der Waals surface area contributed by atoms with Gasteiger partial charge in [-0.15, -0.1) is 0 Å². The maximum Gasteiger partial charge on any atom is 0.228 e. The molecule has 1 aromatic heterocycles. The second-order valence-electron chi connectivity index (χ2n) is 7.41. The molecule has 164 valence electrons. The summed E-state index contributed by atoms with van der Waals surface area (Å²) in [6.07, 6.45) is 8.12. The number of primary amides is 1. The molecule has 1 saturated carbocycles. The lowest BCUT2D eigenvalue weighted by molar-refractivity contribution is -0.124. The first kappa shape index (κ1) is 23.3. The Morgan fingerprint density at radius 3 is 2.47 bits per heavy atom. The van der Waals surface area contributed by atoms with Crippen molar-refractivity contribution in [2.45, 2.75) is 44.9 Å². The highest BCUT2D eigenvalue weighted by molar-refractivity contribution is 5.98. The van der Waals surface area contributed by atoms with Crippen molar-refractivity contribution in [1.82, 2.24) is 4.98 Å². The zero-order valence-corrected chi connectivity index (χ0v) is 16.6. The standard InChI is InChI=1S/C20H29N7O2.CH4/c21-7-4-16(23)25-18-14(13-22)15(20(19(24)28)5-2-1-3-6-20)12-17(26-18)27-8-10-29-11-9-27;/h4,7,12-13,22H,1-3,5-6,8-11,21H2,(H2,24,28)(H2,23,25,26);1H4/b7-4-,22-13?;. The van der Waals surface area contributed by atoms with Gasteiger partial charge < -0.3 is 32.2 Å². The molecule has 0 atom stereocenters. The highest BCUT2D eigenvalue weighted by Crippen LogP contribution is 2.43. The quantitative estimate of drug-likeness (QED) is 0.409.